The summed E-state index contributed by atoms with van der Waals surface area (Å²) in [6, 6.07) is 18.8. The van der Waals surface area contributed by atoms with Crippen LogP contribution in [0.2, 0.25) is 0 Å². The van der Waals surface area contributed by atoms with Crippen LogP contribution < -0.4 is 35.6 Å². The molecule has 1 atom stereocenters. The van der Waals surface area contributed by atoms with Crippen LogP contribution in [-0.2, 0) is 22.7 Å². The van der Waals surface area contributed by atoms with Gasteiger partial charge in [0.1, 0.15) is 28.9 Å². The highest BCUT2D eigenvalue weighted by molar-refractivity contribution is 6.25. The Bertz CT molecular complexity index is 2930. The van der Waals surface area contributed by atoms with E-state index < -0.39 is 29.7 Å². The van der Waals surface area contributed by atoms with Crippen molar-refractivity contribution in [3.63, 3.8) is 0 Å². The molecule has 1 aliphatic carbocycles. The number of aromatic nitrogens is 5. The Balaban J connectivity index is 0.805. The minimum absolute atomic E-state index is 0.0365. The van der Waals surface area contributed by atoms with E-state index >= 15 is 0 Å². The Hall–Kier alpha value is -8.22. The van der Waals surface area contributed by atoms with E-state index in [0.29, 0.717) is 76.7 Å². The van der Waals surface area contributed by atoms with Crippen LogP contribution in [0, 0.1) is 0 Å². The number of methoxy groups -OCH3 is 2. The first-order chi connectivity index (χ1) is 32.5. The smallest absolute Gasteiger partial charge is 0.269 e. The maximum atomic E-state index is 13.6. The number of hydrogen-bond acceptors (Lipinski definition) is 14. The molecule has 3 aromatic carbocycles. The molecule has 1 unspecified atom stereocenters. The van der Waals surface area contributed by atoms with Crippen molar-refractivity contribution in [2.24, 2.45) is 0 Å². The second kappa shape index (κ2) is 18.7. The fourth-order valence-corrected chi connectivity index (χ4v) is 8.31. The number of benzene rings is 3. The van der Waals surface area contributed by atoms with Crippen LogP contribution in [0.25, 0.3) is 22.0 Å². The molecule has 2 fully saturated rings. The van der Waals surface area contributed by atoms with E-state index in [1.165, 1.54) is 6.07 Å². The minimum atomic E-state index is -1.06. The van der Waals surface area contributed by atoms with Crippen molar-refractivity contribution in [1.29, 1.82) is 0 Å². The Morgan fingerprint density at radius 3 is 2.43 bits per heavy atom. The van der Waals surface area contributed by atoms with Gasteiger partial charge in [0.05, 0.1) is 54.9 Å². The SMILES string of the molecule is COc1ccc(N(C)c2c(C(=O)NC3CC3)cnc3cc(OC)c(-c4ccc(C(=O)NCCCCn5cc(CNc6cccc7c6C(=O)N(C6CCC(=O)NC6=O)C7=O)nn5)nc4)cc23)cc1. The summed E-state index contributed by atoms with van der Waals surface area (Å²) in [6.45, 7) is 1.16. The Morgan fingerprint density at radius 2 is 1.70 bits per heavy atom. The summed E-state index contributed by atoms with van der Waals surface area (Å²) in [5, 5.41) is 20.6. The quantitative estimate of drug-likeness (QED) is 0.0713. The summed E-state index contributed by atoms with van der Waals surface area (Å²) in [7, 11) is 5.10. The third-order valence-electron chi connectivity index (χ3n) is 12.0. The monoisotopic (exact) mass is 905 g/mol. The molecule has 1 saturated carbocycles. The molecule has 3 aliphatic rings. The van der Waals surface area contributed by atoms with Gasteiger partial charge in [0.25, 0.3) is 23.6 Å². The van der Waals surface area contributed by atoms with Gasteiger partial charge in [-0.05, 0) is 80.6 Å². The van der Waals surface area contributed by atoms with Crippen molar-refractivity contribution in [3.8, 4) is 22.6 Å². The zero-order chi connectivity index (χ0) is 46.8. The average molecular weight is 906 g/mol. The topological polar surface area (TPSA) is 232 Å². The van der Waals surface area contributed by atoms with Crippen molar-refractivity contribution < 1.29 is 38.2 Å². The number of amides is 6. The maximum absolute atomic E-state index is 13.6. The molecule has 3 aromatic heterocycles. The lowest BCUT2D eigenvalue weighted by Gasteiger charge is -2.27. The van der Waals surface area contributed by atoms with Gasteiger partial charge in [0.15, 0.2) is 0 Å². The molecule has 2 aliphatic heterocycles. The van der Waals surface area contributed by atoms with E-state index in [1.807, 2.05) is 54.4 Å². The fraction of sp³-hybridized carbons (Fsp3) is 0.292. The molecular weight excluding hydrogens is 859 g/mol. The summed E-state index contributed by atoms with van der Waals surface area (Å²) in [5.74, 6) is -1.54. The van der Waals surface area contributed by atoms with E-state index in [0.717, 1.165) is 28.8 Å². The molecule has 0 spiro atoms. The number of carbonyl (C=O) groups is 6. The number of anilines is 3. The van der Waals surface area contributed by atoms with E-state index in [4.69, 9.17) is 9.47 Å². The Morgan fingerprint density at radius 1 is 0.881 bits per heavy atom. The van der Waals surface area contributed by atoms with Crippen LogP contribution in [0.3, 0.4) is 0 Å². The van der Waals surface area contributed by atoms with Gasteiger partial charge in [0.2, 0.25) is 11.8 Å². The molecule has 9 rings (SSSR count). The number of piperidine rings is 1. The minimum Gasteiger partial charge on any atom is -0.497 e. The van der Waals surface area contributed by atoms with Crippen LogP contribution in [0.1, 0.15) is 85.8 Å². The van der Waals surface area contributed by atoms with Crippen LogP contribution in [-0.4, -0.2) is 105 Å². The second-order valence-corrected chi connectivity index (χ2v) is 16.5. The molecule has 5 heterocycles. The molecule has 0 radical (unpaired) electrons. The molecule has 6 amide bonds. The lowest BCUT2D eigenvalue weighted by Crippen LogP contribution is -2.54. The number of nitrogens with one attached hydrogen (secondary N) is 4. The van der Waals surface area contributed by atoms with E-state index in [2.05, 4.69) is 41.5 Å². The molecular formula is C48H47N11O8. The lowest BCUT2D eigenvalue weighted by atomic mass is 9.99. The first kappa shape index (κ1) is 44.0. The number of imide groups is 2. The highest BCUT2D eigenvalue weighted by Gasteiger charge is 2.45. The van der Waals surface area contributed by atoms with Gasteiger partial charge < -0.3 is 30.3 Å². The summed E-state index contributed by atoms with van der Waals surface area (Å²) >= 11 is 0. The number of fused-ring (bicyclic) bond motifs is 2. The predicted octanol–water partition coefficient (Wildman–Crippen LogP) is 4.79. The number of rotatable bonds is 17. The molecule has 4 N–H and O–H groups in total. The van der Waals surface area contributed by atoms with Gasteiger partial charge in [0, 0.05) is 78.9 Å². The Labute approximate surface area is 384 Å². The van der Waals surface area contributed by atoms with Gasteiger partial charge >= 0.3 is 0 Å². The third kappa shape index (κ3) is 9.07. The van der Waals surface area contributed by atoms with Crippen LogP contribution >= 0.6 is 0 Å². The standard InChI is InChI=1S/C48H47N11O8/c1-57(30-12-14-31(66-2)15-13-30)43-34-21-33(40(67-3)22-38(34)52-25-35(43)44(61)53-28-10-11-28)27-9-16-37(50-23-27)45(62)49-19-4-5-20-58-26-29(55-56-58)24-51-36-8-6-7-32-42(36)48(65)59(47(32)64)39-17-18-41(60)54-46(39)63/h6-9,12-16,21-23,25-26,28,39,51H,4-5,10-11,17-20,24H2,1-3H3,(H,49,62)(H,53,61)(H,54,60,63). The predicted molar refractivity (Wildman–Crippen MR) is 245 cm³/mol. The van der Waals surface area contributed by atoms with Crippen molar-refractivity contribution >= 4 is 63.4 Å². The second-order valence-electron chi connectivity index (χ2n) is 16.5. The summed E-state index contributed by atoms with van der Waals surface area (Å²) < 4.78 is 12.9. The normalized spacial score (nSPS) is 15.6. The largest absolute Gasteiger partial charge is 0.497 e. The first-order valence-electron chi connectivity index (χ1n) is 21.9. The number of pyridine rings is 2. The first-order valence-corrected chi connectivity index (χ1v) is 21.9. The highest BCUT2D eigenvalue weighted by atomic mass is 16.5. The molecule has 1 saturated heterocycles. The molecule has 19 nitrogen and oxygen atoms in total. The molecule has 19 heteroatoms. The van der Waals surface area contributed by atoms with E-state index in [-0.39, 0.29) is 54.1 Å². The number of nitrogens with zero attached hydrogens (tertiary/aromatic N) is 7. The third-order valence-corrected chi connectivity index (χ3v) is 12.0. The molecule has 0 bridgehead atoms. The number of carbonyl (C=O) groups excluding carboxylic acids is 6. The summed E-state index contributed by atoms with van der Waals surface area (Å²) in [5.41, 5.74) is 5.61. The van der Waals surface area contributed by atoms with Crippen molar-refractivity contribution in [1.82, 2.24) is 45.8 Å². The zero-order valence-corrected chi connectivity index (χ0v) is 37.0. The van der Waals surface area contributed by atoms with Crippen LogP contribution in [0.15, 0.2) is 85.3 Å². The van der Waals surface area contributed by atoms with Crippen LogP contribution in [0.5, 0.6) is 11.5 Å². The maximum Gasteiger partial charge on any atom is 0.269 e. The number of hydrogen-bond donors (Lipinski definition) is 4. The van der Waals surface area contributed by atoms with Gasteiger partial charge in [-0.15, -0.1) is 5.10 Å². The highest BCUT2D eigenvalue weighted by Crippen LogP contribution is 2.41. The Kier molecular flexibility index (Phi) is 12.3. The van der Waals surface area contributed by atoms with Gasteiger partial charge in [-0.25, -0.2) is 0 Å². The summed E-state index contributed by atoms with van der Waals surface area (Å²) in [4.78, 5) is 89.6. The van der Waals surface area contributed by atoms with Crippen molar-refractivity contribution in [2.75, 3.05) is 38.0 Å². The van der Waals surface area contributed by atoms with Crippen molar-refractivity contribution in [3.05, 3.63) is 113 Å². The fourth-order valence-electron chi connectivity index (χ4n) is 8.31. The van der Waals surface area contributed by atoms with Gasteiger partial charge in [-0.2, -0.15) is 0 Å². The molecule has 342 valence electrons. The average Bonchev–Trinajstić information content (AvgIpc) is 3.98. The molecule has 6 aromatic rings. The number of ether oxygens (including phenoxy) is 2. The van der Waals surface area contributed by atoms with E-state index in [1.54, 1.807) is 55.7 Å². The number of unbranched alkanes of at least 4 members (excludes halogenated alkanes) is 1. The van der Waals surface area contributed by atoms with Crippen molar-refractivity contribution in [2.45, 2.75) is 63.7 Å². The lowest BCUT2D eigenvalue weighted by molar-refractivity contribution is -0.136. The number of aryl methyl sites for hydroxylation is 1. The molecule has 67 heavy (non-hydrogen) atoms. The van der Waals surface area contributed by atoms with Crippen LogP contribution in [0.4, 0.5) is 17.1 Å². The zero-order valence-electron chi connectivity index (χ0n) is 37.0. The van der Waals surface area contributed by atoms with Gasteiger partial charge in [-0.3, -0.25) is 53.6 Å². The summed E-state index contributed by atoms with van der Waals surface area (Å²) in [6.07, 6.45) is 8.34. The van der Waals surface area contributed by atoms with Gasteiger partial charge in [-0.1, -0.05) is 17.3 Å². The van der Waals surface area contributed by atoms with E-state index in [9.17, 15) is 28.8 Å².